The van der Waals surface area contributed by atoms with Crippen LogP contribution in [0.1, 0.15) is 21.5 Å². The Hall–Kier alpha value is -3.07. The third-order valence-electron chi connectivity index (χ3n) is 3.82. The molecule has 3 heteroatoms. The molecule has 0 saturated heterocycles. The van der Waals surface area contributed by atoms with E-state index in [2.05, 4.69) is 29.7 Å². The third-order valence-corrected chi connectivity index (χ3v) is 3.82. The molecule has 0 heterocycles. The third kappa shape index (κ3) is 3.82. The van der Waals surface area contributed by atoms with Crippen molar-refractivity contribution in [3.8, 4) is 0 Å². The average Bonchev–Trinajstić information content (AvgIpc) is 2.59. The number of hydrogen-bond acceptors (Lipinski definition) is 2. The number of carbonyl (C=O) groups excluding carboxylic acids is 1. The number of anilines is 3. The zero-order valence-electron chi connectivity index (χ0n) is 13.8. The smallest absolute Gasteiger partial charge is 0.255 e. The second-order valence-corrected chi connectivity index (χ2v) is 5.86. The van der Waals surface area contributed by atoms with Crippen LogP contribution in [0.25, 0.3) is 0 Å². The molecular weight excluding hydrogens is 296 g/mol. The van der Waals surface area contributed by atoms with Crippen molar-refractivity contribution in [3.63, 3.8) is 0 Å². The number of para-hydroxylation sites is 2. The fraction of sp³-hybridized carbons (Fsp3) is 0.0952. The summed E-state index contributed by atoms with van der Waals surface area (Å²) in [7, 11) is 0. The molecule has 0 aliphatic rings. The monoisotopic (exact) mass is 316 g/mol. The van der Waals surface area contributed by atoms with E-state index in [0.717, 1.165) is 22.6 Å². The maximum absolute atomic E-state index is 12.4. The number of amides is 1. The second kappa shape index (κ2) is 7.01. The van der Waals surface area contributed by atoms with Crippen molar-refractivity contribution in [3.05, 3.63) is 89.5 Å². The number of hydrogen-bond donors (Lipinski definition) is 2. The lowest BCUT2D eigenvalue weighted by atomic mass is 10.1. The predicted molar refractivity (Wildman–Crippen MR) is 100 cm³/mol. The lowest BCUT2D eigenvalue weighted by Gasteiger charge is -2.13. The van der Waals surface area contributed by atoms with Crippen LogP contribution in [0.2, 0.25) is 0 Å². The van der Waals surface area contributed by atoms with Crippen molar-refractivity contribution in [1.82, 2.24) is 0 Å². The fourth-order valence-electron chi connectivity index (χ4n) is 2.39. The van der Waals surface area contributed by atoms with E-state index in [1.807, 2.05) is 67.6 Å². The summed E-state index contributed by atoms with van der Waals surface area (Å²) in [5.74, 6) is -0.117. The van der Waals surface area contributed by atoms with E-state index in [0.29, 0.717) is 5.56 Å². The first-order valence-electron chi connectivity index (χ1n) is 7.92. The topological polar surface area (TPSA) is 41.1 Å². The van der Waals surface area contributed by atoms with Crippen molar-refractivity contribution in [2.45, 2.75) is 13.8 Å². The van der Waals surface area contributed by atoms with E-state index >= 15 is 0 Å². The van der Waals surface area contributed by atoms with Gasteiger partial charge in [0.2, 0.25) is 0 Å². The summed E-state index contributed by atoms with van der Waals surface area (Å²) in [6.45, 7) is 4.06. The number of benzene rings is 3. The highest BCUT2D eigenvalue weighted by atomic mass is 16.1. The van der Waals surface area contributed by atoms with E-state index in [1.54, 1.807) is 0 Å². The molecule has 0 radical (unpaired) electrons. The second-order valence-electron chi connectivity index (χ2n) is 5.86. The lowest BCUT2D eigenvalue weighted by Crippen LogP contribution is -2.13. The SMILES string of the molecule is Cc1ccc(Nc2ccccc2NC(=O)c2ccc(C)cc2)cc1. The van der Waals surface area contributed by atoms with E-state index < -0.39 is 0 Å². The van der Waals surface area contributed by atoms with E-state index in [9.17, 15) is 4.79 Å². The van der Waals surface area contributed by atoms with Crippen LogP contribution in [0.5, 0.6) is 0 Å². The van der Waals surface area contributed by atoms with Gasteiger partial charge in [0.05, 0.1) is 11.4 Å². The van der Waals surface area contributed by atoms with Crippen LogP contribution in [-0.4, -0.2) is 5.91 Å². The van der Waals surface area contributed by atoms with Gasteiger partial charge in [-0.25, -0.2) is 0 Å². The lowest BCUT2D eigenvalue weighted by molar-refractivity contribution is 0.102. The Morgan fingerprint density at radius 1 is 0.708 bits per heavy atom. The maximum Gasteiger partial charge on any atom is 0.255 e. The summed E-state index contributed by atoms with van der Waals surface area (Å²) in [5.41, 5.74) is 5.59. The van der Waals surface area contributed by atoms with E-state index in [1.165, 1.54) is 5.56 Å². The van der Waals surface area contributed by atoms with Gasteiger partial charge >= 0.3 is 0 Å². The number of rotatable bonds is 4. The molecule has 3 aromatic rings. The Balaban J connectivity index is 1.79. The molecule has 3 nitrogen and oxygen atoms in total. The Morgan fingerprint density at radius 2 is 1.25 bits per heavy atom. The summed E-state index contributed by atoms with van der Waals surface area (Å²) in [6, 6.07) is 23.4. The zero-order valence-corrected chi connectivity index (χ0v) is 13.8. The molecule has 3 rings (SSSR count). The van der Waals surface area contributed by atoms with Gasteiger partial charge in [0, 0.05) is 11.3 Å². The molecule has 0 saturated carbocycles. The first-order chi connectivity index (χ1) is 11.6. The maximum atomic E-state index is 12.4. The summed E-state index contributed by atoms with van der Waals surface area (Å²) >= 11 is 0. The minimum Gasteiger partial charge on any atom is -0.354 e. The minimum absolute atomic E-state index is 0.117. The van der Waals surface area contributed by atoms with Gasteiger partial charge in [0.15, 0.2) is 0 Å². The van der Waals surface area contributed by atoms with Crippen molar-refractivity contribution in [1.29, 1.82) is 0 Å². The highest BCUT2D eigenvalue weighted by molar-refractivity contribution is 6.06. The van der Waals surface area contributed by atoms with Crippen LogP contribution >= 0.6 is 0 Å². The first-order valence-corrected chi connectivity index (χ1v) is 7.92. The highest BCUT2D eigenvalue weighted by Gasteiger charge is 2.09. The molecule has 1 amide bonds. The molecule has 120 valence electrons. The van der Waals surface area contributed by atoms with Gasteiger partial charge in [-0.05, 0) is 50.2 Å². The molecule has 3 aromatic carbocycles. The minimum atomic E-state index is -0.117. The fourth-order valence-corrected chi connectivity index (χ4v) is 2.39. The van der Waals surface area contributed by atoms with E-state index in [4.69, 9.17) is 0 Å². The standard InChI is InChI=1S/C21H20N2O/c1-15-7-11-17(12-8-15)21(24)23-20-6-4-3-5-19(20)22-18-13-9-16(2)10-14-18/h3-14,22H,1-2H3,(H,23,24). The van der Waals surface area contributed by atoms with Gasteiger partial charge in [-0.2, -0.15) is 0 Å². The molecule has 0 atom stereocenters. The van der Waals surface area contributed by atoms with Gasteiger partial charge in [-0.15, -0.1) is 0 Å². The van der Waals surface area contributed by atoms with Gasteiger partial charge < -0.3 is 10.6 Å². The molecule has 0 aliphatic heterocycles. The van der Waals surface area contributed by atoms with Crippen LogP contribution in [0.4, 0.5) is 17.1 Å². The van der Waals surface area contributed by atoms with Crippen LogP contribution in [0.15, 0.2) is 72.8 Å². The molecule has 2 N–H and O–H groups in total. The Morgan fingerprint density at radius 3 is 1.88 bits per heavy atom. The largest absolute Gasteiger partial charge is 0.354 e. The van der Waals surface area contributed by atoms with Crippen LogP contribution in [0.3, 0.4) is 0 Å². The molecule has 0 bridgehead atoms. The Labute approximate surface area is 142 Å². The molecule has 24 heavy (non-hydrogen) atoms. The van der Waals surface area contributed by atoms with Crippen molar-refractivity contribution in [2.75, 3.05) is 10.6 Å². The Kier molecular flexibility index (Phi) is 4.62. The quantitative estimate of drug-likeness (QED) is 0.686. The number of nitrogens with one attached hydrogen (secondary N) is 2. The predicted octanol–water partition coefficient (Wildman–Crippen LogP) is 5.30. The van der Waals surface area contributed by atoms with Crippen LogP contribution in [0, 0.1) is 13.8 Å². The number of aryl methyl sites for hydroxylation is 2. The molecule has 0 spiro atoms. The van der Waals surface area contributed by atoms with Crippen molar-refractivity contribution in [2.24, 2.45) is 0 Å². The summed E-state index contributed by atoms with van der Waals surface area (Å²) < 4.78 is 0. The molecule has 0 unspecified atom stereocenters. The van der Waals surface area contributed by atoms with Crippen LogP contribution < -0.4 is 10.6 Å². The zero-order chi connectivity index (χ0) is 16.9. The molecular formula is C21H20N2O. The summed E-state index contributed by atoms with van der Waals surface area (Å²) in [4.78, 5) is 12.4. The van der Waals surface area contributed by atoms with Crippen molar-refractivity contribution < 1.29 is 4.79 Å². The van der Waals surface area contributed by atoms with E-state index in [-0.39, 0.29) is 5.91 Å². The van der Waals surface area contributed by atoms with Crippen LogP contribution in [-0.2, 0) is 0 Å². The molecule has 0 aromatic heterocycles. The number of carbonyl (C=O) groups is 1. The van der Waals surface area contributed by atoms with Crippen molar-refractivity contribution >= 4 is 23.0 Å². The van der Waals surface area contributed by atoms with Gasteiger partial charge in [0.1, 0.15) is 0 Å². The average molecular weight is 316 g/mol. The summed E-state index contributed by atoms with van der Waals surface area (Å²) in [6.07, 6.45) is 0. The first kappa shape index (κ1) is 15.8. The molecule has 0 aliphatic carbocycles. The normalized spacial score (nSPS) is 10.2. The van der Waals surface area contributed by atoms with Gasteiger partial charge in [-0.3, -0.25) is 4.79 Å². The van der Waals surface area contributed by atoms with Gasteiger partial charge in [-0.1, -0.05) is 47.5 Å². The highest BCUT2D eigenvalue weighted by Crippen LogP contribution is 2.26. The van der Waals surface area contributed by atoms with Gasteiger partial charge in [0.25, 0.3) is 5.91 Å². The Bertz CT molecular complexity index is 836. The molecule has 0 fully saturated rings. The summed E-state index contributed by atoms with van der Waals surface area (Å²) in [5, 5.41) is 6.33.